The molecule has 0 fully saturated rings. The molecule has 0 aromatic heterocycles. The predicted molar refractivity (Wildman–Crippen MR) is 428 cm³/mol. The first-order valence-corrected chi connectivity index (χ1v) is 40.6. The first-order chi connectivity index (χ1) is 55.4. The van der Waals surface area contributed by atoms with E-state index >= 15 is 0 Å². The van der Waals surface area contributed by atoms with E-state index in [9.17, 15) is 28.2 Å². The lowest BCUT2D eigenvalue weighted by atomic mass is 10.1. The van der Waals surface area contributed by atoms with Crippen molar-refractivity contribution in [1.29, 1.82) is 0 Å². The number of aliphatic hydroxyl groups excluding tert-OH is 4. The molecule has 0 unspecified atom stereocenters. The van der Waals surface area contributed by atoms with Gasteiger partial charge in [-0.25, -0.2) is 0 Å². The Morgan fingerprint density at radius 1 is 0.342 bits per heavy atom. The van der Waals surface area contributed by atoms with Gasteiger partial charge in [-0.3, -0.25) is 13.8 Å². The first-order valence-electron chi connectivity index (χ1n) is 39.2. The lowest BCUT2D eigenvalue weighted by Gasteiger charge is -2.26. The summed E-state index contributed by atoms with van der Waals surface area (Å²) < 4.78 is 148. The number of hydrogen-bond donors (Lipinski definition) is 5. The van der Waals surface area contributed by atoms with Crippen LogP contribution in [0.2, 0.25) is 0 Å². The van der Waals surface area contributed by atoms with E-state index < -0.39 is 10.1 Å². The van der Waals surface area contributed by atoms with Gasteiger partial charge in [0.15, 0.2) is 0 Å². The standard InChI is InChI=1S/C36H65NO14.C30H54O13S.C13H19NO4.CH4/c1-3-8-42-10-12-44-14-16-46-18-20-48-22-24-50-26-27-51-25-23-49-21-19-47-17-15-45-13-11-43-9-7-37(6-4-5-36(40)41-2)35-29-33(31-38)28-34(30-35)32-39;1-3-8-33-9-10-34-11-12-35-13-14-36-15-16-37-17-18-38-19-20-39-21-22-40-23-24-41-25-26-42-27-28-43-44(31,32)30-6-4-29(2)5-7-30;1-18-13(17)3-2-4-14-12-6-10(8-15)5-11(7-12)9-16;/h28-30,38-39H,3-27,31-32H2,1-2H3;4-7H,3,8-28H2,1-2H3;5-7,14-16H,2-4,8-9H2,1H3;1H4. The summed E-state index contributed by atoms with van der Waals surface area (Å²) in [6.07, 6.45) is 3.98. The lowest BCUT2D eigenvalue weighted by molar-refractivity contribution is -0.141. The molecule has 0 heterocycles. The number of aryl methyl sites for hydroxylation is 1. The monoisotopic (exact) mass is 1660 g/mol. The van der Waals surface area contributed by atoms with Crippen molar-refractivity contribution in [2.45, 2.75) is 98.0 Å². The Balaban J connectivity index is 0.00000184. The Labute approximate surface area is 678 Å². The van der Waals surface area contributed by atoms with E-state index in [1.807, 2.05) is 31.2 Å². The van der Waals surface area contributed by atoms with Crippen molar-refractivity contribution >= 4 is 33.4 Å². The van der Waals surface area contributed by atoms with Gasteiger partial charge < -0.3 is 135 Å². The fraction of sp³-hybridized carbons (Fsp3) is 0.750. The molecule has 0 bridgehead atoms. The van der Waals surface area contributed by atoms with E-state index in [-0.39, 0.29) is 63.9 Å². The Morgan fingerprint density at radius 3 is 0.868 bits per heavy atom. The maximum atomic E-state index is 12.1. The van der Waals surface area contributed by atoms with Crippen LogP contribution in [0.4, 0.5) is 11.4 Å². The number of anilines is 2. The Hall–Kier alpha value is -4.85. The zero-order valence-corrected chi connectivity index (χ0v) is 68.9. The van der Waals surface area contributed by atoms with Gasteiger partial charge in [-0.15, -0.1) is 0 Å². The van der Waals surface area contributed by atoms with Gasteiger partial charge in [-0.2, -0.15) is 8.42 Å². The molecule has 3 aromatic carbocycles. The number of carbonyl (C=O) groups excluding carboxylic acids is 2. The van der Waals surface area contributed by atoms with Crippen LogP contribution in [0.1, 0.15) is 87.6 Å². The highest BCUT2D eigenvalue weighted by atomic mass is 32.2. The van der Waals surface area contributed by atoms with Crippen LogP contribution in [0.25, 0.3) is 0 Å². The molecular formula is C80H142N2O31S. The van der Waals surface area contributed by atoms with E-state index in [0.29, 0.717) is 301 Å². The number of carbonyl (C=O) groups is 2. The van der Waals surface area contributed by atoms with Crippen molar-refractivity contribution < 1.29 is 147 Å². The summed E-state index contributed by atoms with van der Waals surface area (Å²) in [5.41, 5.74) is 5.58. The lowest BCUT2D eigenvalue weighted by Crippen LogP contribution is -2.29. The molecular weight excluding hydrogens is 1520 g/mol. The SMILES string of the molecule is C.CCCOCCOCCOCCOCCOCCOCCOCCOCCOCCOCCN(CCCC(=O)OC)c1cc(CO)cc(CO)c1.CCCOCCOCCOCCOCCOCCOCCOCCOCCOCCOCCOS(=O)(=O)c1ccc(C)cc1.COC(=O)CCCNc1cc(CO)cc(CO)c1. The summed E-state index contributed by atoms with van der Waals surface area (Å²) in [4.78, 5) is 24.7. The topological polar surface area (TPSA) is 377 Å². The van der Waals surface area contributed by atoms with E-state index in [1.54, 1.807) is 24.3 Å². The molecule has 33 nitrogen and oxygen atoms in total. The number of nitrogens with zero attached hydrogens (tertiary/aromatic N) is 1. The van der Waals surface area contributed by atoms with Crippen LogP contribution < -0.4 is 10.2 Å². The molecule has 0 aliphatic rings. The largest absolute Gasteiger partial charge is 0.469 e. The fourth-order valence-corrected chi connectivity index (χ4v) is 10.1. The van der Waals surface area contributed by atoms with Gasteiger partial charge >= 0.3 is 11.9 Å². The van der Waals surface area contributed by atoms with Crippen molar-refractivity contribution in [3.8, 4) is 0 Å². The van der Waals surface area contributed by atoms with Crippen LogP contribution in [0.15, 0.2) is 65.6 Å². The number of rotatable bonds is 80. The molecule has 0 atom stereocenters. The number of aliphatic hydroxyl groups is 4. The van der Waals surface area contributed by atoms with Crippen molar-refractivity contribution in [2.75, 3.05) is 315 Å². The van der Waals surface area contributed by atoms with E-state index in [1.165, 1.54) is 26.4 Å². The molecule has 664 valence electrons. The fourth-order valence-electron chi connectivity index (χ4n) is 9.21. The van der Waals surface area contributed by atoms with Gasteiger partial charge in [-0.05, 0) is 91.3 Å². The minimum Gasteiger partial charge on any atom is -0.469 e. The number of benzene rings is 3. The minimum absolute atomic E-state index is 0. The average Bonchev–Trinajstić information content (AvgIpc) is 0.858. The van der Waals surface area contributed by atoms with Crippen molar-refractivity contribution in [3.63, 3.8) is 0 Å². The highest BCUT2D eigenvalue weighted by Gasteiger charge is 2.16. The number of esters is 2. The van der Waals surface area contributed by atoms with Crippen molar-refractivity contribution in [1.82, 2.24) is 0 Å². The molecule has 0 aliphatic carbocycles. The van der Waals surface area contributed by atoms with Gasteiger partial charge in [-0.1, -0.05) is 51.1 Å². The summed E-state index contributed by atoms with van der Waals surface area (Å²) in [7, 11) is -1.03. The zero-order valence-electron chi connectivity index (χ0n) is 68.1. The third kappa shape index (κ3) is 69.1. The molecule has 114 heavy (non-hydrogen) atoms. The van der Waals surface area contributed by atoms with Crippen LogP contribution in [0, 0.1) is 6.92 Å². The third-order valence-corrected chi connectivity index (χ3v) is 16.3. The average molecular weight is 1660 g/mol. The molecule has 0 aliphatic heterocycles. The maximum Gasteiger partial charge on any atom is 0.305 e. The van der Waals surface area contributed by atoms with E-state index in [4.69, 9.17) is 114 Å². The Bertz CT molecular complexity index is 2650. The summed E-state index contributed by atoms with van der Waals surface area (Å²) in [6, 6.07) is 17.4. The third-order valence-electron chi connectivity index (χ3n) is 15.0. The molecule has 0 saturated heterocycles. The molecule has 0 saturated carbocycles. The molecule has 0 amide bonds. The van der Waals surface area contributed by atoms with E-state index in [2.05, 4.69) is 28.8 Å². The van der Waals surface area contributed by atoms with Gasteiger partial charge in [0.1, 0.15) is 0 Å². The second-order valence-electron chi connectivity index (χ2n) is 24.3. The maximum absolute atomic E-state index is 12.1. The van der Waals surface area contributed by atoms with Gasteiger partial charge in [0, 0.05) is 57.1 Å². The van der Waals surface area contributed by atoms with Crippen LogP contribution >= 0.6 is 0 Å². The Morgan fingerprint density at radius 2 is 0.596 bits per heavy atom. The summed E-state index contributed by atoms with van der Waals surface area (Å²) in [5.74, 6) is -0.487. The first kappa shape index (κ1) is 109. The quantitative estimate of drug-likeness (QED) is 0.0247. The predicted octanol–water partition coefficient (Wildman–Crippen LogP) is 5.96. The van der Waals surface area contributed by atoms with Crippen molar-refractivity contribution in [3.05, 3.63) is 88.5 Å². The number of hydrogen-bond acceptors (Lipinski definition) is 33. The molecule has 0 radical (unpaired) electrons. The molecule has 0 spiro atoms. The van der Waals surface area contributed by atoms with Crippen molar-refractivity contribution in [2.24, 2.45) is 0 Å². The van der Waals surface area contributed by atoms with Gasteiger partial charge in [0.25, 0.3) is 10.1 Å². The molecule has 34 heteroatoms. The highest BCUT2D eigenvalue weighted by Crippen LogP contribution is 2.21. The second kappa shape index (κ2) is 83.2. The van der Waals surface area contributed by atoms with Crippen LogP contribution in [-0.2, 0) is 155 Å². The van der Waals surface area contributed by atoms with Gasteiger partial charge in [0.05, 0.1) is 303 Å². The Kier molecular flexibility index (Phi) is 79.7. The highest BCUT2D eigenvalue weighted by molar-refractivity contribution is 7.86. The number of nitrogens with one attached hydrogen (secondary N) is 1. The van der Waals surface area contributed by atoms with Crippen LogP contribution in [-0.4, -0.2) is 346 Å². The molecule has 3 aromatic rings. The normalized spacial score (nSPS) is 11.3. The van der Waals surface area contributed by atoms with Gasteiger partial charge in [0.2, 0.25) is 0 Å². The minimum atomic E-state index is -3.77. The number of ether oxygens (including phenoxy) is 22. The number of methoxy groups -OCH3 is 2. The summed E-state index contributed by atoms with van der Waals surface area (Å²) in [5, 5.41) is 40.5. The summed E-state index contributed by atoms with van der Waals surface area (Å²) in [6.45, 7) is 27.4. The summed E-state index contributed by atoms with van der Waals surface area (Å²) >= 11 is 0. The smallest absolute Gasteiger partial charge is 0.305 e. The zero-order chi connectivity index (χ0) is 82.1. The molecule has 5 N–H and O–H groups in total. The van der Waals surface area contributed by atoms with Crippen LogP contribution in [0.3, 0.4) is 0 Å². The molecule has 3 rings (SSSR count). The second-order valence-corrected chi connectivity index (χ2v) is 25.9. The van der Waals surface area contributed by atoms with E-state index in [0.717, 1.165) is 54.1 Å². The van der Waals surface area contributed by atoms with Crippen LogP contribution in [0.5, 0.6) is 0 Å².